The highest BCUT2D eigenvalue weighted by Gasteiger charge is 2.20. The largest absolute Gasteiger partial charge is 0.371 e. The van der Waals surface area contributed by atoms with Gasteiger partial charge in [-0.3, -0.25) is 9.36 Å². The smallest absolute Gasteiger partial charge is 0.263 e. The number of anilines is 2. The van der Waals surface area contributed by atoms with E-state index in [4.69, 9.17) is 12.3 Å². The molecule has 5 aromatic rings. The fraction of sp³-hybridized carbons (Fsp3) is 0.103. The van der Waals surface area contributed by atoms with Gasteiger partial charge in [0.15, 0.2) is 0 Å². The second-order valence-electron chi connectivity index (χ2n) is 8.62. The summed E-state index contributed by atoms with van der Waals surface area (Å²) in [4.78, 5) is 25.8. The van der Waals surface area contributed by atoms with Crippen molar-refractivity contribution >= 4 is 28.2 Å². The molecule has 0 amide bonds. The number of nitrogen functional groups attached to an aromatic ring is 1. The molecule has 2 heterocycles. The van der Waals surface area contributed by atoms with Crippen molar-refractivity contribution in [3.63, 3.8) is 0 Å². The van der Waals surface area contributed by atoms with E-state index in [0.29, 0.717) is 11.2 Å². The molecule has 176 valence electrons. The second kappa shape index (κ2) is 9.35. The molecule has 0 fully saturated rings. The van der Waals surface area contributed by atoms with Crippen LogP contribution >= 0.6 is 0 Å². The quantitative estimate of drug-likeness (QED) is 0.303. The van der Waals surface area contributed by atoms with E-state index < -0.39 is 0 Å². The highest BCUT2D eigenvalue weighted by Crippen LogP contribution is 2.31. The van der Waals surface area contributed by atoms with Crippen LogP contribution in [0.25, 0.3) is 32.4 Å². The number of fused-ring (bicyclic) bond motifs is 1. The van der Waals surface area contributed by atoms with Gasteiger partial charge < -0.3 is 11.1 Å². The zero-order chi connectivity index (χ0) is 25.2. The molecule has 7 heteroatoms. The maximum absolute atomic E-state index is 14.2. The number of hydrogen-bond donors (Lipinski definition) is 2. The second-order valence-corrected chi connectivity index (χ2v) is 8.62. The first kappa shape index (κ1) is 22.8. The zero-order valence-corrected chi connectivity index (χ0v) is 19.9. The number of nitrogens with two attached hydrogens (primary N) is 1. The molecule has 0 saturated carbocycles. The van der Waals surface area contributed by atoms with Crippen LogP contribution in [0.15, 0.2) is 89.9 Å². The minimum Gasteiger partial charge on any atom is -0.371 e. The Balaban J connectivity index is 1.74. The van der Waals surface area contributed by atoms with Gasteiger partial charge in [0, 0.05) is 17.6 Å². The topological polar surface area (TPSA) is 90.2 Å². The molecule has 0 radical (unpaired) electrons. The van der Waals surface area contributed by atoms with Gasteiger partial charge in [-0.15, -0.1) is 0 Å². The van der Waals surface area contributed by atoms with Crippen molar-refractivity contribution in [2.45, 2.75) is 19.9 Å². The van der Waals surface area contributed by atoms with Crippen LogP contribution < -0.4 is 16.6 Å². The molecule has 0 aliphatic rings. The van der Waals surface area contributed by atoms with Gasteiger partial charge in [-0.1, -0.05) is 66.2 Å². The fourth-order valence-corrected chi connectivity index (χ4v) is 4.37. The molecule has 0 spiro atoms. The molecule has 0 unspecified atom stereocenters. The zero-order valence-electron chi connectivity index (χ0n) is 19.9. The van der Waals surface area contributed by atoms with E-state index in [1.54, 1.807) is 4.57 Å². The number of rotatable bonds is 5. The lowest BCUT2D eigenvalue weighted by molar-refractivity contribution is 0.774. The third-order valence-corrected chi connectivity index (χ3v) is 6.16. The van der Waals surface area contributed by atoms with Crippen molar-refractivity contribution in [1.29, 1.82) is 0 Å². The molecule has 36 heavy (non-hydrogen) atoms. The lowest BCUT2D eigenvalue weighted by atomic mass is 9.97. The van der Waals surface area contributed by atoms with E-state index >= 15 is 0 Å². The van der Waals surface area contributed by atoms with Crippen LogP contribution in [0.1, 0.15) is 24.2 Å². The summed E-state index contributed by atoms with van der Waals surface area (Å²) in [6, 6.07) is 25.3. The highest BCUT2D eigenvalue weighted by molar-refractivity contribution is 5.96. The van der Waals surface area contributed by atoms with Crippen molar-refractivity contribution in [1.82, 2.24) is 14.5 Å². The predicted molar refractivity (Wildman–Crippen MR) is 144 cm³/mol. The highest BCUT2D eigenvalue weighted by atomic mass is 16.1. The van der Waals surface area contributed by atoms with E-state index in [-0.39, 0.29) is 23.2 Å². The first-order valence-corrected chi connectivity index (χ1v) is 11.5. The Hall–Kier alpha value is -4.96. The summed E-state index contributed by atoms with van der Waals surface area (Å²) in [7, 11) is 0. The Kier molecular flexibility index (Phi) is 5.93. The van der Waals surface area contributed by atoms with E-state index in [0.717, 1.165) is 33.5 Å². The molecule has 7 nitrogen and oxygen atoms in total. The minimum atomic E-state index is -0.375. The van der Waals surface area contributed by atoms with Gasteiger partial charge in [-0.05, 0) is 48.6 Å². The first-order chi connectivity index (χ1) is 17.5. The maximum atomic E-state index is 14.2. The van der Waals surface area contributed by atoms with Crippen LogP contribution in [0.5, 0.6) is 0 Å². The predicted octanol–water partition coefficient (Wildman–Crippen LogP) is 6.06. The van der Waals surface area contributed by atoms with E-state index in [1.165, 1.54) is 6.20 Å². The third kappa shape index (κ3) is 4.17. The minimum absolute atomic E-state index is 0.0683. The van der Waals surface area contributed by atoms with Crippen molar-refractivity contribution < 1.29 is 0 Å². The van der Waals surface area contributed by atoms with Gasteiger partial charge in [0.25, 0.3) is 5.56 Å². The van der Waals surface area contributed by atoms with Crippen LogP contribution in [0.2, 0.25) is 0 Å². The SMILES string of the molecule is [C-]#[N+]c1cnc(N)nc1N[C@@H](C)c1cc2cccc(-c3ccc(C)cc3)c2c(=O)n1-c1ccccc1. The van der Waals surface area contributed by atoms with Gasteiger partial charge in [0.2, 0.25) is 11.6 Å². The normalized spacial score (nSPS) is 11.7. The molecule has 3 N–H and O–H groups in total. The summed E-state index contributed by atoms with van der Waals surface area (Å²) >= 11 is 0. The van der Waals surface area contributed by atoms with Crippen LogP contribution in [0, 0.1) is 13.5 Å². The van der Waals surface area contributed by atoms with Gasteiger partial charge in [0.1, 0.15) is 5.82 Å². The molecular formula is C29H24N6O. The summed E-state index contributed by atoms with van der Waals surface area (Å²) < 4.78 is 1.72. The van der Waals surface area contributed by atoms with Gasteiger partial charge in [-0.25, -0.2) is 14.8 Å². The molecule has 5 rings (SSSR count). The summed E-state index contributed by atoms with van der Waals surface area (Å²) in [6.45, 7) is 11.4. The first-order valence-electron chi connectivity index (χ1n) is 11.5. The van der Waals surface area contributed by atoms with Crippen LogP contribution in [-0.4, -0.2) is 14.5 Å². The summed E-state index contributed by atoms with van der Waals surface area (Å²) in [6.07, 6.45) is 1.39. The standard InChI is InChI=1S/C29H24N6O/c1-18-12-14-20(15-13-18)23-11-7-8-21-16-25(19(2)33-27-24(31-3)17-32-29(30)34-27)35(28(36)26(21)23)22-9-5-4-6-10-22/h4-17,19H,1-2H3,(H3,30,32,33,34)/t19-/m0/s1. The van der Waals surface area contributed by atoms with Crippen LogP contribution in [0.4, 0.5) is 17.5 Å². The van der Waals surface area contributed by atoms with Gasteiger partial charge >= 0.3 is 0 Å². The van der Waals surface area contributed by atoms with Crippen molar-refractivity contribution in [2.24, 2.45) is 0 Å². The molecule has 0 bridgehead atoms. The number of pyridine rings is 1. The molecule has 1 atom stereocenters. The lowest BCUT2D eigenvalue weighted by Crippen LogP contribution is -2.26. The number of hydrogen-bond acceptors (Lipinski definition) is 5. The van der Waals surface area contributed by atoms with Gasteiger partial charge in [0.05, 0.1) is 18.0 Å². The lowest BCUT2D eigenvalue weighted by Gasteiger charge is -2.22. The average molecular weight is 473 g/mol. The average Bonchev–Trinajstić information content (AvgIpc) is 2.89. The van der Waals surface area contributed by atoms with E-state index in [2.05, 4.69) is 20.1 Å². The molecule has 2 aromatic heterocycles. The van der Waals surface area contributed by atoms with Crippen molar-refractivity contribution in [3.05, 3.63) is 118 Å². The summed E-state index contributed by atoms with van der Waals surface area (Å²) in [5.74, 6) is 0.393. The fourth-order valence-electron chi connectivity index (χ4n) is 4.37. The van der Waals surface area contributed by atoms with Crippen molar-refractivity contribution in [3.8, 4) is 16.8 Å². The van der Waals surface area contributed by atoms with Crippen LogP contribution in [0.3, 0.4) is 0 Å². The Morgan fingerprint density at radius 2 is 1.78 bits per heavy atom. The number of aromatic nitrogens is 3. The summed E-state index contributed by atoms with van der Waals surface area (Å²) in [5, 5.41) is 4.75. The number of aryl methyl sites for hydroxylation is 1. The Morgan fingerprint density at radius 1 is 1.03 bits per heavy atom. The van der Waals surface area contributed by atoms with Crippen molar-refractivity contribution in [2.75, 3.05) is 11.1 Å². The molecule has 3 aromatic carbocycles. The number of nitrogens with zero attached hydrogens (tertiary/aromatic N) is 4. The Bertz CT molecular complexity index is 1670. The maximum Gasteiger partial charge on any atom is 0.263 e. The molecule has 0 aliphatic carbocycles. The number of benzene rings is 3. The Morgan fingerprint density at radius 3 is 2.50 bits per heavy atom. The monoisotopic (exact) mass is 472 g/mol. The van der Waals surface area contributed by atoms with E-state index in [9.17, 15) is 4.79 Å². The summed E-state index contributed by atoms with van der Waals surface area (Å²) in [5.41, 5.74) is 10.4. The van der Waals surface area contributed by atoms with Gasteiger partial charge in [-0.2, -0.15) is 0 Å². The Labute approximate surface area is 208 Å². The molecule has 0 saturated heterocycles. The van der Waals surface area contributed by atoms with Crippen LogP contribution in [-0.2, 0) is 0 Å². The van der Waals surface area contributed by atoms with E-state index in [1.807, 2.05) is 92.7 Å². The molecule has 0 aliphatic heterocycles. The number of para-hydroxylation sites is 1. The number of nitrogens with one attached hydrogen (secondary N) is 1. The molecular weight excluding hydrogens is 448 g/mol. The third-order valence-electron chi connectivity index (χ3n) is 6.16.